The third-order valence-electron chi connectivity index (χ3n) is 2.26. The van der Waals surface area contributed by atoms with Crippen LogP contribution in [0, 0.1) is 0 Å². The number of nitrogens with one attached hydrogen (secondary N) is 1. The van der Waals surface area contributed by atoms with Crippen molar-refractivity contribution in [1.82, 2.24) is 5.32 Å². The Kier molecular flexibility index (Phi) is 6.01. The van der Waals surface area contributed by atoms with Crippen LogP contribution in [0.1, 0.15) is 25.8 Å². The zero-order chi connectivity index (χ0) is 11.8. The first-order valence-corrected chi connectivity index (χ1v) is 6.72. The molecule has 0 spiro atoms. The molecule has 0 aliphatic rings. The third-order valence-corrected chi connectivity index (χ3v) is 3.48. The lowest BCUT2D eigenvalue weighted by Gasteiger charge is -2.11. The first-order chi connectivity index (χ1) is 7.74. The SMILES string of the molecule is CCCNC(=O)[C@H](C)SCc1ccccc1. The van der Waals surface area contributed by atoms with Crippen molar-refractivity contribution in [2.75, 3.05) is 6.54 Å². The summed E-state index contributed by atoms with van der Waals surface area (Å²) in [6, 6.07) is 10.2. The molecule has 0 saturated heterocycles. The first kappa shape index (κ1) is 13.1. The van der Waals surface area contributed by atoms with Crippen molar-refractivity contribution in [1.29, 1.82) is 0 Å². The largest absolute Gasteiger partial charge is 0.355 e. The molecule has 1 aromatic carbocycles. The Hall–Kier alpha value is -0.960. The number of carbonyl (C=O) groups excluding carboxylic acids is 1. The standard InChI is InChI=1S/C13H19NOS/c1-3-9-14-13(15)11(2)16-10-12-7-5-4-6-8-12/h4-8,11H,3,9-10H2,1-2H3,(H,14,15)/t11-/m0/s1. The van der Waals surface area contributed by atoms with Crippen LogP contribution in [0.5, 0.6) is 0 Å². The highest BCUT2D eigenvalue weighted by atomic mass is 32.2. The summed E-state index contributed by atoms with van der Waals surface area (Å²) in [4.78, 5) is 11.6. The van der Waals surface area contributed by atoms with E-state index in [2.05, 4.69) is 24.4 Å². The van der Waals surface area contributed by atoms with Crippen molar-refractivity contribution >= 4 is 17.7 Å². The highest BCUT2D eigenvalue weighted by molar-refractivity contribution is 7.99. The second kappa shape index (κ2) is 7.34. The van der Waals surface area contributed by atoms with Crippen molar-refractivity contribution in [3.05, 3.63) is 35.9 Å². The van der Waals surface area contributed by atoms with E-state index in [0.717, 1.165) is 18.7 Å². The van der Waals surface area contributed by atoms with Gasteiger partial charge >= 0.3 is 0 Å². The van der Waals surface area contributed by atoms with Crippen LogP contribution in [0.4, 0.5) is 0 Å². The lowest BCUT2D eigenvalue weighted by Crippen LogP contribution is -2.31. The average Bonchev–Trinajstić information content (AvgIpc) is 2.34. The molecule has 0 unspecified atom stereocenters. The Morgan fingerprint density at radius 3 is 2.69 bits per heavy atom. The van der Waals surface area contributed by atoms with Crippen LogP contribution in [0.25, 0.3) is 0 Å². The van der Waals surface area contributed by atoms with Gasteiger partial charge in [0.2, 0.25) is 5.91 Å². The topological polar surface area (TPSA) is 29.1 Å². The fourth-order valence-electron chi connectivity index (χ4n) is 1.26. The number of rotatable bonds is 6. The van der Waals surface area contributed by atoms with E-state index in [9.17, 15) is 4.79 Å². The monoisotopic (exact) mass is 237 g/mol. The Bertz CT molecular complexity index is 313. The lowest BCUT2D eigenvalue weighted by atomic mass is 10.2. The van der Waals surface area contributed by atoms with E-state index in [4.69, 9.17) is 0 Å². The highest BCUT2D eigenvalue weighted by Crippen LogP contribution is 2.17. The van der Waals surface area contributed by atoms with E-state index < -0.39 is 0 Å². The summed E-state index contributed by atoms with van der Waals surface area (Å²) in [5, 5.41) is 2.93. The Morgan fingerprint density at radius 2 is 2.06 bits per heavy atom. The maximum atomic E-state index is 11.6. The molecule has 16 heavy (non-hydrogen) atoms. The van der Waals surface area contributed by atoms with E-state index in [-0.39, 0.29) is 11.2 Å². The molecule has 1 aromatic rings. The van der Waals surface area contributed by atoms with Gasteiger partial charge in [-0.15, -0.1) is 11.8 Å². The molecule has 1 N–H and O–H groups in total. The molecule has 0 fully saturated rings. The predicted molar refractivity (Wildman–Crippen MR) is 70.5 cm³/mol. The molecule has 0 bridgehead atoms. The van der Waals surface area contributed by atoms with E-state index in [1.165, 1.54) is 5.56 Å². The summed E-state index contributed by atoms with van der Waals surface area (Å²) in [6.45, 7) is 4.79. The van der Waals surface area contributed by atoms with Crippen LogP contribution in [0.2, 0.25) is 0 Å². The van der Waals surface area contributed by atoms with E-state index in [1.807, 2.05) is 25.1 Å². The quantitative estimate of drug-likeness (QED) is 0.824. The molecule has 1 amide bonds. The fourth-order valence-corrected chi connectivity index (χ4v) is 2.13. The minimum Gasteiger partial charge on any atom is -0.355 e. The Morgan fingerprint density at radius 1 is 1.38 bits per heavy atom. The molecule has 0 aliphatic heterocycles. The summed E-state index contributed by atoms with van der Waals surface area (Å²) in [6.07, 6.45) is 0.988. The smallest absolute Gasteiger partial charge is 0.232 e. The number of amides is 1. The number of carbonyl (C=O) groups is 1. The molecule has 0 radical (unpaired) electrons. The van der Waals surface area contributed by atoms with Gasteiger partial charge in [0, 0.05) is 12.3 Å². The van der Waals surface area contributed by atoms with Crippen LogP contribution >= 0.6 is 11.8 Å². The normalized spacial score (nSPS) is 12.1. The Labute approximate surface area is 102 Å². The van der Waals surface area contributed by atoms with Crippen LogP contribution in [-0.4, -0.2) is 17.7 Å². The van der Waals surface area contributed by atoms with Gasteiger partial charge in [-0.05, 0) is 18.9 Å². The Balaban J connectivity index is 2.29. The van der Waals surface area contributed by atoms with Gasteiger partial charge in [-0.2, -0.15) is 0 Å². The molecular weight excluding hydrogens is 218 g/mol. The summed E-state index contributed by atoms with van der Waals surface area (Å²) in [7, 11) is 0. The summed E-state index contributed by atoms with van der Waals surface area (Å²) in [5.41, 5.74) is 1.27. The zero-order valence-corrected chi connectivity index (χ0v) is 10.7. The van der Waals surface area contributed by atoms with Crippen molar-refractivity contribution in [2.45, 2.75) is 31.3 Å². The maximum absolute atomic E-state index is 11.6. The number of benzene rings is 1. The van der Waals surface area contributed by atoms with Gasteiger partial charge in [-0.1, -0.05) is 37.3 Å². The lowest BCUT2D eigenvalue weighted by molar-refractivity contribution is -0.120. The van der Waals surface area contributed by atoms with Crippen molar-refractivity contribution in [2.24, 2.45) is 0 Å². The summed E-state index contributed by atoms with van der Waals surface area (Å²) in [5.74, 6) is 1.03. The molecule has 0 heterocycles. The van der Waals surface area contributed by atoms with Crippen LogP contribution < -0.4 is 5.32 Å². The van der Waals surface area contributed by atoms with Gasteiger partial charge in [-0.25, -0.2) is 0 Å². The molecule has 0 saturated carbocycles. The van der Waals surface area contributed by atoms with Gasteiger partial charge in [0.1, 0.15) is 0 Å². The van der Waals surface area contributed by atoms with Gasteiger partial charge in [0.05, 0.1) is 5.25 Å². The zero-order valence-electron chi connectivity index (χ0n) is 9.90. The molecule has 1 atom stereocenters. The maximum Gasteiger partial charge on any atom is 0.232 e. The average molecular weight is 237 g/mol. The van der Waals surface area contributed by atoms with Crippen LogP contribution in [0.15, 0.2) is 30.3 Å². The second-order valence-corrected chi connectivity index (χ2v) is 5.06. The number of hydrogen-bond acceptors (Lipinski definition) is 2. The van der Waals surface area contributed by atoms with Crippen LogP contribution in [0.3, 0.4) is 0 Å². The van der Waals surface area contributed by atoms with Crippen molar-refractivity contribution < 1.29 is 4.79 Å². The second-order valence-electron chi connectivity index (χ2n) is 3.73. The van der Waals surface area contributed by atoms with Gasteiger partial charge < -0.3 is 5.32 Å². The molecule has 2 nitrogen and oxygen atoms in total. The highest BCUT2D eigenvalue weighted by Gasteiger charge is 2.11. The van der Waals surface area contributed by atoms with Gasteiger partial charge in [-0.3, -0.25) is 4.79 Å². The van der Waals surface area contributed by atoms with Gasteiger partial charge in [0.25, 0.3) is 0 Å². The first-order valence-electron chi connectivity index (χ1n) is 5.67. The van der Waals surface area contributed by atoms with E-state index in [0.29, 0.717) is 0 Å². The minimum atomic E-state index is 0.0201. The third kappa shape index (κ3) is 4.71. The minimum absolute atomic E-state index is 0.0201. The molecule has 1 rings (SSSR count). The predicted octanol–water partition coefficient (Wildman–Crippen LogP) is 2.83. The molecule has 88 valence electrons. The number of hydrogen-bond donors (Lipinski definition) is 1. The van der Waals surface area contributed by atoms with Crippen molar-refractivity contribution in [3.63, 3.8) is 0 Å². The fraction of sp³-hybridized carbons (Fsp3) is 0.462. The van der Waals surface area contributed by atoms with E-state index in [1.54, 1.807) is 11.8 Å². The molecular formula is C13H19NOS. The number of thioether (sulfide) groups is 1. The van der Waals surface area contributed by atoms with Crippen LogP contribution in [-0.2, 0) is 10.5 Å². The molecule has 0 aromatic heterocycles. The molecule has 3 heteroatoms. The van der Waals surface area contributed by atoms with Crippen molar-refractivity contribution in [3.8, 4) is 0 Å². The van der Waals surface area contributed by atoms with E-state index >= 15 is 0 Å². The summed E-state index contributed by atoms with van der Waals surface area (Å²) < 4.78 is 0. The summed E-state index contributed by atoms with van der Waals surface area (Å²) >= 11 is 1.68. The molecule has 0 aliphatic carbocycles. The van der Waals surface area contributed by atoms with Gasteiger partial charge in [0.15, 0.2) is 0 Å².